The molecule has 3 rings (SSSR count). The van der Waals surface area contributed by atoms with Crippen LogP contribution in [0.25, 0.3) is 10.9 Å². The van der Waals surface area contributed by atoms with Crippen LogP contribution in [0.15, 0.2) is 46.4 Å². The van der Waals surface area contributed by atoms with Gasteiger partial charge in [0.2, 0.25) is 0 Å². The van der Waals surface area contributed by atoms with Gasteiger partial charge in [0.1, 0.15) is 0 Å². The number of nitrogens with one attached hydrogen (secondary N) is 1. The molecule has 0 bridgehead atoms. The highest BCUT2D eigenvalue weighted by Crippen LogP contribution is 2.32. The number of rotatable bonds is 3. The van der Waals surface area contributed by atoms with Crippen LogP contribution in [0.2, 0.25) is 5.02 Å². The summed E-state index contributed by atoms with van der Waals surface area (Å²) in [5, 5.41) is 7.30. The summed E-state index contributed by atoms with van der Waals surface area (Å²) in [4.78, 5) is 5.72. The van der Waals surface area contributed by atoms with Crippen LogP contribution in [0.4, 0.5) is 5.69 Å². The first kappa shape index (κ1) is 13.9. The fourth-order valence-electron chi connectivity index (χ4n) is 2.11. The lowest BCUT2D eigenvalue weighted by Crippen LogP contribution is -2.05. The number of anilines is 1. The summed E-state index contributed by atoms with van der Waals surface area (Å²) in [5.41, 5.74) is 1.91. The monoisotopic (exact) mass is 366 g/mol. The fraction of sp³-hybridized carbons (Fsp3) is 0.133. The largest absolute Gasteiger partial charge is 0.376 e. The van der Waals surface area contributed by atoms with Gasteiger partial charge >= 0.3 is 0 Å². The Hall–Kier alpha value is -1.10. The highest BCUT2D eigenvalue weighted by molar-refractivity contribution is 9.10. The van der Waals surface area contributed by atoms with E-state index in [4.69, 9.17) is 11.6 Å². The molecule has 1 N–H and O–H groups in total. The first-order chi connectivity index (χ1) is 9.65. The minimum atomic E-state index is 0.220. The Morgan fingerprint density at radius 1 is 1.35 bits per heavy atom. The van der Waals surface area contributed by atoms with Crippen molar-refractivity contribution in [3.05, 3.63) is 56.3 Å². The predicted octanol–water partition coefficient (Wildman–Crippen LogP) is 5.89. The normalized spacial score (nSPS) is 12.6. The van der Waals surface area contributed by atoms with E-state index in [0.717, 1.165) is 26.1 Å². The minimum Gasteiger partial charge on any atom is -0.376 e. The Morgan fingerprint density at radius 3 is 2.95 bits per heavy atom. The molecule has 1 aromatic carbocycles. The maximum atomic E-state index is 6.21. The van der Waals surface area contributed by atoms with Gasteiger partial charge in [-0.15, -0.1) is 11.3 Å². The Kier molecular flexibility index (Phi) is 3.96. The number of halogens is 2. The summed E-state index contributed by atoms with van der Waals surface area (Å²) >= 11 is 11.4. The molecule has 0 radical (unpaired) electrons. The number of nitrogens with zero attached hydrogens (tertiary/aromatic N) is 1. The minimum absolute atomic E-state index is 0.220. The lowest BCUT2D eigenvalue weighted by Gasteiger charge is -2.15. The number of hydrogen-bond donors (Lipinski definition) is 1. The van der Waals surface area contributed by atoms with Crippen LogP contribution in [0.1, 0.15) is 17.8 Å². The number of pyridine rings is 1. The second kappa shape index (κ2) is 5.72. The van der Waals surface area contributed by atoms with Gasteiger partial charge in [0.25, 0.3) is 0 Å². The van der Waals surface area contributed by atoms with Crippen molar-refractivity contribution in [3.63, 3.8) is 0 Å². The van der Waals surface area contributed by atoms with Gasteiger partial charge in [-0.05, 0) is 53.2 Å². The van der Waals surface area contributed by atoms with Gasteiger partial charge in [0.15, 0.2) is 0 Å². The maximum absolute atomic E-state index is 6.21. The Labute approximate surface area is 134 Å². The van der Waals surface area contributed by atoms with E-state index in [1.165, 1.54) is 4.88 Å². The van der Waals surface area contributed by atoms with Crippen molar-refractivity contribution in [2.45, 2.75) is 13.0 Å². The van der Waals surface area contributed by atoms with Crippen molar-refractivity contribution in [1.82, 2.24) is 4.98 Å². The lowest BCUT2D eigenvalue weighted by atomic mass is 10.1. The first-order valence-electron chi connectivity index (χ1n) is 6.19. The molecular formula is C15H12BrClN2S. The number of hydrogen-bond acceptors (Lipinski definition) is 3. The van der Waals surface area contributed by atoms with Gasteiger partial charge < -0.3 is 5.32 Å². The summed E-state index contributed by atoms with van der Waals surface area (Å²) in [6.07, 6.45) is 1.79. The van der Waals surface area contributed by atoms with Crippen LogP contribution in [-0.4, -0.2) is 4.98 Å². The van der Waals surface area contributed by atoms with Crippen molar-refractivity contribution in [2.75, 3.05) is 5.32 Å². The molecule has 2 aromatic heterocycles. The average Bonchev–Trinajstić information content (AvgIpc) is 2.89. The number of benzene rings is 1. The van der Waals surface area contributed by atoms with Crippen LogP contribution in [0.5, 0.6) is 0 Å². The summed E-state index contributed by atoms with van der Waals surface area (Å²) < 4.78 is 1.12. The van der Waals surface area contributed by atoms with E-state index in [9.17, 15) is 0 Å². The number of aromatic nitrogens is 1. The number of thiophene rings is 1. The Bertz CT molecular complexity index is 756. The van der Waals surface area contributed by atoms with Crippen molar-refractivity contribution < 1.29 is 0 Å². The Balaban J connectivity index is 1.97. The van der Waals surface area contributed by atoms with E-state index in [-0.39, 0.29) is 6.04 Å². The van der Waals surface area contributed by atoms with Gasteiger partial charge in [0, 0.05) is 26.3 Å². The van der Waals surface area contributed by atoms with E-state index < -0.39 is 0 Å². The predicted molar refractivity (Wildman–Crippen MR) is 90.8 cm³/mol. The third-order valence-corrected chi connectivity index (χ3v) is 5.31. The third-order valence-electron chi connectivity index (χ3n) is 3.10. The van der Waals surface area contributed by atoms with Crippen LogP contribution in [0, 0.1) is 0 Å². The summed E-state index contributed by atoms with van der Waals surface area (Å²) in [6, 6.07) is 10.1. The molecule has 0 amide bonds. The van der Waals surface area contributed by atoms with E-state index in [0.29, 0.717) is 0 Å². The molecule has 0 fully saturated rings. The molecule has 3 aromatic rings. The molecule has 0 aliphatic rings. The molecule has 2 heterocycles. The van der Waals surface area contributed by atoms with E-state index in [1.54, 1.807) is 17.5 Å². The Morgan fingerprint density at radius 2 is 2.20 bits per heavy atom. The van der Waals surface area contributed by atoms with Gasteiger partial charge in [-0.2, -0.15) is 0 Å². The van der Waals surface area contributed by atoms with Crippen LogP contribution >= 0.6 is 38.9 Å². The average molecular weight is 368 g/mol. The molecule has 102 valence electrons. The summed E-state index contributed by atoms with van der Waals surface area (Å²) in [6.45, 7) is 2.14. The fourth-order valence-corrected chi connectivity index (χ4v) is 3.78. The first-order valence-corrected chi connectivity index (χ1v) is 8.24. The molecular weight excluding hydrogens is 356 g/mol. The van der Waals surface area contributed by atoms with E-state index >= 15 is 0 Å². The zero-order valence-electron chi connectivity index (χ0n) is 10.7. The quantitative estimate of drug-likeness (QED) is 0.624. The molecule has 2 nitrogen and oxygen atoms in total. The third kappa shape index (κ3) is 2.68. The van der Waals surface area contributed by atoms with Crippen LogP contribution in [0.3, 0.4) is 0 Å². The lowest BCUT2D eigenvalue weighted by molar-refractivity contribution is 0.909. The zero-order valence-corrected chi connectivity index (χ0v) is 13.9. The SMILES string of the molecule is CC(Nc1ccc(Cl)c2cccnc12)c1cc(Br)cs1. The maximum Gasteiger partial charge on any atom is 0.0948 e. The molecule has 1 atom stereocenters. The van der Waals surface area contributed by atoms with Gasteiger partial charge in [-0.25, -0.2) is 0 Å². The van der Waals surface area contributed by atoms with Crippen LogP contribution < -0.4 is 5.32 Å². The highest BCUT2D eigenvalue weighted by atomic mass is 79.9. The standard InChI is InChI=1S/C15H12BrClN2S/c1-9(14-7-10(16)8-20-14)19-13-5-4-12(17)11-3-2-6-18-15(11)13/h2-9,19H,1H3. The van der Waals surface area contributed by atoms with Gasteiger partial charge in [-0.1, -0.05) is 11.6 Å². The van der Waals surface area contributed by atoms with Crippen molar-refractivity contribution >= 4 is 55.5 Å². The topological polar surface area (TPSA) is 24.9 Å². The molecule has 0 saturated carbocycles. The van der Waals surface area contributed by atoms with Gasteiger partial charge in [-0.3, -0.25) is 4.98 Å². The van der Waals surface area contributed by atoms with Crippen LogP contribution in [-0.2, 0) is 0 Å². The smallest absolute Gasteiger partial charge is 0.0948 e. The number of fused-ring (bicyclic) bond motifs is 1. The molecule has 0 spiro atoms. The zero-order chi connectivity index (χ0) is 14.1. The molecule has 1 unspecified atom stereocenters. The molecule has 0 aliphatic carbocycles. The van der Waals surface area contributed by atoms with Crippen molar-refractivity contribution in [1.29, 1.82) is 0 Å². The van der Waals surface area contributed by atoms with Crippen molar-refractivity contribution in [3.8, 4) is 0 Å². The van der Waals surface area contributed by atoms with E-state index in [2.05, 4.69) is 44.6 Å². The summed E-state index contributed by atoms with van der Waals surface area (Å²) in [5.74, 6) is 0. The van der Waals surface area contributed by atoms with Crippen molar-refractivity contribution in [2.24, 2.45) is 0 Å². The van der Waals surface area contributed by atoms with Gasteiger partial charge in [0.05, 0.1) is 22.3 Å². The van der Waals surface area contributed by atoms with E-state index in [1.807, 2.05) is 24.3 Å². The molecule has 0 saturated heterocycles. The molecule has 20 heavy (non-hydrogen) atoms. The molecule has 0 aliphatic heterocycles. The summed E-state index contributed by atoms with van der Waals surface area (Å²) in [7, 11) is 0. The molecule has 5 heteroatoms. The second-order valence-corrected chi connectivity index (χ2v) is 6.79. The second-order valence-electron chi connectivity index (χ2n) is 4.53. The highest BCUT2D eigenvalue weighted by Gasteiger charge is 2.11.